The fourth-order valence-corrected chi connectivity index (χ4v) is 1.89. The first-order valence-corrected chi connectivity index (χ1v) is 6.00. The van der Waals surface area contributed by atoms with Crippen molar-refractivity contribution >= 4 is 21.5 Å². The van der Waals surface area contributed by atoms with E-state index in [1.54, 1.807) is 0 Å². The van der Waals surface area contributed by atoms with Gasteiger partial charge in [0.25, 0.3) is 9.84 Å². The first-order valence-electron chi connectivity index (χ1n) is 4.51. The third-order valence-electron chi connectivity index (χ3n) is 1.89. The van der Waals surface area contributed by atoms with Crippen molar-refractivity contribution in [2.75, 3.05) is 11.9 Å². The van der Waals surface area contributed by atoms with Gasteiger partial charge in [-0.05, 0) is 18.2 Å². The summed E-state index contributed by atoms with van der Waals surface area (Å²) in [4.78, 5) is 9.31. The molecule has 1 rings (SSSR count). The number of hydrogen-bond donors (Lipinski definition) is 2. The second kappa shape index (κ2) is 4.84. The number of benzene rings is 1. The Kier molecular flexibility index (Phi) is 3.85. The van der Waals surface area contributed by atoms with Crippen LogP contribution in [0, 0.1) is 0 Å². The highest BCUT2D eigenvalue weighted by Crippen LogP contribution is 2.31. The Morgan fingerprint density at radius 1 is 1.33 bits per heavy atom. The molecule has 0 aliphatic heterocycles. The first-order chi connectivity index (χ1) is 8.14. The van der Waals surface area contributed by atoms with Crippen LogP contribution in [0.2, 0.25) is 0 Å². The Hall–Kier alpha value is -1.77. The van der Waals surface area contributed by atoms with Crippen molar-refractivity contribution in [3.63, 3.8) is 0 Å². The fraction of sp³-hybridized carbons (Fsp3) is 0.222. The van der Waals surface area contributed by atoms with Gasteiger partial charge in [-0.15, -0.1) is 0 Å². The Bertz CT molecular complexity index is 553. The molecule has 18 heavy (non-hydrogen) atoms. The number of alkyl halides is 3. The highest BCUT2D eigenvalue weighted by Gasteiger charge is 2.46. The fourth-order valence-electron chi connectivity index (χ4n) is 1.08. The smallest absolute Gasteiger partial charge is 0.480 e. The summed E-state index contributed by atoms with van der Waals surface area (Å²) in [6.07, 6.45) is 0. The summed E-state index contributed by atoms with van der Waals surface area (Å²) < 4.78 is 58.9. The van der Waals surface area contributed by atoms with Crippen molar-refractivity contribution in [2.45, 2.75) is 10.4 Å². The summed E-state index contributed by atoms with van der Waals surface area (Å²) in [7, 11) is -5.42. The predicted molar refractivity (Wildman–Crippen MR) is 55.8 cm³/mol. The molecule has 5 nitrogen and oxygen atoms in total. The zero-order valence-corrected chi connectivity index (χ0v) is 9.55. The Labute approximate surface area is 100 Å². The molecule has 0 spiro atoms. The van der Waals surface area contributed by atoms with Gasteiger partial charge in [0.1, 0.15) is 6.54 Å². The highest BCUT2D eigenvalue weighted by atomic mass is 32.2. The minimum Gasteiger partial charge on any atom is -0.480 e. The van der Waals surface area contributed by atoms with Crippen LogP contribution >= 0.6 is 0 Å². The number of carboxylic acid groups (broad SMARTS) is 1. The van der Waals surface area contributed by atoms with Crippen LogP contribution in [0.15, 0.2) is 29.2 Å². The molecule has 1 aromatic rings. The van der Waals surface area contributed by atoms with Crippen LogP contribution in [-0.4, -0.2) is 31.5 Å². The normalized spacial score (nSPS) is 12.2. The van der Waals surface area contributed by atoms with E-state index < -0.39 is 32.8 Å². The lowest BCUT2D eigenvalue weighted by Crippen LogP contribution is -2.23. The number of rotatable bonds is 4. The molecule has 0 heterocycles. The third-order valence-corrected chi connectivity index (χ3v) is 3.38. The number of anilines is 1. The zero-order chi connectivity index (χ0) is 14.0. The van der Waals surface area contributed by atoms with Crippen LogP contribution in [0.5, 0.6) is 0 Å². The number of hydrogen-bond acceptors (Lipinski definition) is 4. The van der Waals surface area contributed by atoms with Crippen molar-refractivity contribution < 1.29 is 31.5 Å². The lowest BCUT2D eigenvalue weighted by molar-refractivity contribution is -0.134. The molecule has 0 saturated carbocycles. The molecular weight excluding hydrogens is 275 g/mol. The molecule has 0 aliphatic rings. The number of halogens is 3. The summed E-state index contributed by atoms with van der Waals surface area (Å²) in [5, 5.41) is 10.6. The second-order valence-corrected chi connectivity index (χ2v) is 5.17. The molecule has 0 fully saturated rings. The lowest BCUT2D eigenvalue weighted by Gasteiger charge is -2.09. The van der Waals surface area contributed by atoms with Gasteiger partial charge >= 0.3 is 11.5 Å². The monoisotopic (exact) mass is 283 g/mol. The summed E-state index contributed by atoms with van der Waals surface area (Å²) >= 11 is 0. The third kappa shape index (κ3) is 3.13. The average molecular weight is 283 g/mol. The van der Waals surface area contributed by atoms with Gasteiger partial charge in [0, 0.05) is 5.69 Å². The van der Waals surface area contributed by atoms with E-state index in [0.717, 1.165) is 18.2 Å². The van der Waals surface area contributed by atoms with Crippen molar-refractivity contribution in [1.29, 1.82) is 0 Å². The standard InChI is InChI=1S/C9H8F3NO4S/c10-9(11,12)18(16,17)7-3-1-2-6(4-7)13-5-8(14)15/h1-4,13H,5H2,(H,14,15). The SMILES string of the molecule is O=C(O)CNc1cccc(S(=O)(=O)C(F)(F)F)c1. The minimum absolute atomic E-state index is 0.0253. The maximum atomic E-state index is 12.3. The van der Waals surface area contributed by atoms with Crippen LogP contribution in [0.25, 0.3) is 0 Å². The molecule has 0 bridgehead atoms. The van der Waals surface area contributed by atoms with E-state index in [0.29, 0.717) is 0 Å². The molecular formula is C9H8F3NO4S. The summed E-state index contributed by atoms with van der Waals surface area (Å²) in [6, 6.07) is 3.86. The van der Waals surface area contributed by atoms with Gasteiger partial charge in [-0.25, -0.2) is 8.42 Å². The maximum Gasteiger partial charge on any atom is 0.501 e. The van der Waals surface area contributed by atoms with Crippen molar-refractivity contribution in [2.24, 2.45) is 0 Å². The largest absolute Gasteiger partial charge is 0.501 e. The van der Waals surface area contributed by atoms with Crippen LogP contribution in [0.4, 0.5) is 18.9 Å². The molecule has 0 unspecified atom stereocenters. The Morgan fingerprint density at radius 3 is 2.44 bits per heavy atom. The average Bonchev–Trinajstić information content (AvgIpc) is 2.25. The van der Waals surface area contributed by atoms with Crippen LogP contribution < -0.4 is 5.32 Å². The number of sulfone groups is 1. The van der Waals surface area contributed by atoms with Gasteiger partial charge in [-0.1, -0.05) is 6.07 Å². The topological polar surface area (TPSA) is 83.5 Å². The van der Waals surface area contributed by atoms with E-state index in [4.69, 9.17) is 5.11 Å². The molecule has 0 amide bonds. The van der Waals surface area contributed by atoms with Gasteiger partial charge in [0.15, 0.2) is 0 Å². The van der Waals surface area contributed by atoms with E-state index in [-0.39, 0.29) is 5.69 Å². The summed E-state index contributed by atoms with van der Waals surface area (Å²) in [6.45, 7) is -0.532. The lowest BCUT2D eigenvalue weighted by atomic mass is 10.3. The number of nitrogens with one attached hydrogen (secondary N) is 1. The van der Waals surface area contributed by atoms with Gasteiger partial charge in [0.05, 0.1) is 4.90 Å². The van der Waals surface area contributed by atoms with Crippen LogP contribution in [0.1, 0.15) is 0 Å². The molecule has 0 aliphatic carbocycles. The van der Waals surface area contributed by atoms with E-state index in [9.17, 15) is 26.4 Å². The molecule has 0 radical (unpaired) electrons. The van der Waals surface area contributed by atoms with Gasteiger partial charge in [0.2, 0.25) is 0 Å². The number of carboxylic acids is 1. The highest BCUT2D eigenvalue weighted by molar-refractivity contribution is 7.92. The van der Waals surface area contributed by atoms with E-state index >= 15 is 0 Å². The molecule has 100 valence electrons. The van der Waals surface area contributed by atoms with Gasteiger partial charge < -0.3 is 10.4 Å². The molecule has 0 aromatic heterocycles. The summed E-state index contributed by atoms with van der Waals surface area (Å²) in [5.41, 5.74) is -5.42. The molecule has 9 heteroatoms. The van der Waals surface area contributed by atoms with E-state index in [1.807, 2.05) is 0 Å². The molecule has 1 aromatic carbocycles. The number of carbonyl (C=O) groups is 1. The van der Waals surface area contributed by atoms with E-state index in [2.05, 4.69) is 5.32 Å². The van der Waals surface area contributed by atoms with Crippen molar-refractivity contribution in [3.05, 3.63) is 24.3 Å². The van der Waals surface area contributed by atoms with E-state index in [1.165, 1.54) is 6.07 Å². The Balaban J connectivity index is 3.06. The van der Waals surface area contributed by atoms with Gasteiger partial charge in [-0.3, -0.25) is 4.79 Å². The van der Waals surface area contributed by atoms with Crippen LogP contribution in [0.3, 0.4) is 0 Å². The number of aliphatic carboxylic acids is 1. The minimum atomic E-state index is -5.42. The quantitative estimate of drug-likeness (QED) is 0.874. The molecule has 2 N–H and O–H groups in total. The van der Waals surface area contributed by atoms with Crippen molar-refractivity contribution in [1.82, 2.24) is 0 Å². The molecule has 0 saturated heterocycles. The second-order valence-electron chi connectivity index (χ2n) is 3.22. The van der Waals surface area contributed by atoms with Crippen LogP contribution in [-0.2, 0) is 14.6 Å². The summed E-state index contributed by atoms with van der Waals surface area (Å²) in [5.74, 6) is -1.22. The molecule has 0 atom stereocenters. The van der Waals surface area contributed by atoms with Crippen molar-refractivity contribution in [3.8, 4) is 0 Å². The zero-order valence-electron chi connectivity index (χ0n) is 8.73. The predicted octanol–water partition coefficient (Wildman–Crippen LogP) is 1.48. The van der Waals surface area contributed by atoms with Gasteiger partial charge in [-0.2, -0.15) is 13.2 Å². The maximum absolute atomic E-state index is 12.3. The first kappa shape index (κ1) is 14.3. The Morgan fingerprint density at radius 2 is 1.94 bits per heavy atom.